The standard InChI is InChI=1S/C24H26BrN3O3/c1-5-28-17(3)24(16(2)27-28)26-23(29)13-7-18-6-12-22(30-4)19(14-18)15-31-21-10-8-20(25)9-11-21/h6-14H,5,15H2,1-4H3,(H,26,29)/b13-7+. The maximum atomic E-state index is 12.4. The molecule has 1 aromatic heterocycles. The molecule has 0 saturated heterocycles. The maximum absolute atomic E-state index is 12.4. The van der Waals surface area contributed by atoms with Gasteiger partial charge >= 0.3 is 0 Å². The highest BCUT2D eigenvalue weighted by Gasteiger charge is 2.12. The minimum atomic E-state index is -0.203. The average molecular weight is 484 g/mol. The molecule has 0 unspecified atom stereocenters. The zero-order valence-corrected chi connectivity index (χ0v) is 19.7. The second-order valence-corrected chi connectivity index (χ2v) is 7.91. The molecule has 1 heterocycles. The van der Waals surface area contributed by atoms with Crippen molar-refractivity contribution in [3.63, 3.8) is 0 Å². The Morgan fingerprint density at radius 2 is 1.94 bits per heavy atom. The number of aromatic nitrogens is 2. The van der Waals surface area contributed by atoms with E-state index >= 15 is 0 Å². The van der Waals surface area contributed by atoms with E-state index in [-0.39, 0.29) is 5.91 Å². The number of anilines is 1. The highest BCUT2D eigenvalue weighted by molar-refractivity contribution is 9.10. The Balaban J connectivity index is 1.70. The van der Waals surface area contributed by atoms with E-state index < -0.39 is 0 Å². The number of rotatable bonds is 8. The van der Waals surface area contributed by atoms with E-state index in [0.29, 0.717) is 6.61 Å². The zero-order chi connectivity index (χ0) is 22.4. The van der Waals surface area contributed by atoms with Crippen LogP contribution in [0.15, 0.2) is 53.0 Å². The number of methoxy groups -OCH3 is 1. The smallest absolute Gasteiger partial charge is 0.248 e. The van der Waals surface area contributed by atoms with Crippen LogP contribution in [0.4, 0.5) is 5.69 Å². The Morgan fingerprint density at radius 3 is 2.58 bits per heavy atom. The van der Waals surface area contributed by atoms with E-state index in [1.807, 2.05) is 67.9 Å². The lowest BCUT2D eigenvalue weighted by Gasteiger charge is -2.11. The van der Waals surface area contributed by atoms with Crippen LogP contribution in [0.2, 0.25) is 0 Å². The van der Waals surface area contributed by atoms with Gasteiger partial charge in [0.15, 0.2) is 0 Å². The Kier molecular flexibility index (Phi) is 7.52. The topological polar surface area (TPSA) is 65.4 Å². The van der Waals surface area contributed by atoms with Crippen LogP contribution >= 0.6 is 15.9 Å². The first-order valence-corrected chi connectivity index (χ1v) is 10.8. The van der Waals surface area contributed by atoms with Crippen LogP contribution < -0.4 is 14.8 Å². The number of hydrogen-bond acceptors (Lipinski definition) is 4. The van der Waals surface area contributed by atoms with Crippen LogP contribution in [0.3, 0.4) is 0 Å². The van der Waals surface area contributed by atoms with Crippen LogP contribution in [-0.4, -0.2) is 22.8 Å². The van der Waals surface area contributed by atoms with Gasteiger partial charge < -0.3 is 14.8 Å². The van der Waals surface area contributed by atoms with Gasteiger partial charge in [-0.05, 0) is 68.8 Å². The van der Waals surface area contributed by atoms with E-state index in [9.17, 15) is 4.79 Å². The lowest BCUT2D eigenvalue weighted by Crippen LogP contribution is -2.09. The van der Waals surface area contributed by atoms with Gasteiger partial charge in [0.05, 0.1) is 24.2 Å². The van der Waals surface area contributed by atoms with Gasteiger partial charge in [-0.15, -0.1) is 0 Å². The van der Waals surface area contributed by atoms with Crippen LogP contribution in [-0.2, 0) is 17.9 Å². The molecule has 7 heteroatoms. The minimum absolute atomic E-state index is 0.203. The van der Waals surface area contributed by atoms with Crippen molar-refractivity contribution < 1.29 is 14.3 Å². The largest absolute Gasteiger partial charge is 0.496 e. The van der Waals surface area contributed by atoms with Gasteiger partial charge in [0.2, 0.25) is 5.91 Å². The van der Waals surface area contributed by atoms with Crippen molar-refractivity contribution >= 4 is 33.6 Å². The molecule has 1 N–H and O–H groups in total. The molecule has 6 nitrogen and oxygen atoms in total. The van der Waals surface area contributed by atoms with E-state index in [0.717, 1.165) is 50.7 Å². The number of ether oxygens (including phenoxy) is 2. The molecule has 0 radical (unpaired) electrons. The lowest BCUT2D eigenvalue weighted by molar-refractivity contribution is -0.111. The fourth-order valence-electron chi connectivity index (χ4n) is 3.23. The zero-order valence-electron chi connectivity index (χ0n) is 18.1. The molecule has 0 bridgehead atoms. The molecular formula is C24H26BrN3O3. The van der Waals surface area contributed by atoms with Crippen molar-refractivity contribution in [1.29, 1.82) is 0 Å². The normalized spacial score (nSPS) is 11.0. The van der Waals surface area contributed by atoms with Crippen molar-refractivity contribution in [2.24, 2.45) is 0 Å². The monoisotopic (exact) mass is 483 g/mol. The van der Waals surface area contributed by atoms with Crippen molar-refractivity contribution in [1.82, 2.24) is 9.78 Å². The van der Waals surface area contributed by atoms with Crippen molar-refractivity contribution in [2.45, 2.75) is 33.9 Å². The van der Waals surface area contributed by atoms with Gasteiger partial charge in [0.1, 0.15) is 18.1 Å². The summed E-state index contributed by atoms with van der Waals surface area (Å²) < 4.78 is 14.2. The van der Waals surface area contributed by atoms with Gasteiger partial charge in [0, 0.05) is 22.7 Å². The van der Waals surface area contributed by atoms with Crippen molar-refractivity contribution in [2.75, 3.05) is 12.4 Å². The van der Waals surface area contributed by atoms with Gasteiger partial charge in [-0.25, -0.2) is 0 Å². The van der Waals surface area contributed by atoms with Gasteiger partial charge in [-0.3, -0.25) is 9.48 Å². The van der Waals surface area contributed by atoms with Gasteiger partial charge in [-0.2, -0.15) is 5.10 Å². The lowest BCUT2D eigenvalue weighted by atomic mass is 10.1. The third-order valence-corrected chi connectivity index (χ3v) is 5.40. The van der Waals surface area contributed by atoms with Crippen LogP contribution in [0.5, 0.6) is 11.5 Å². The number of benzene rings is 2. The predicted molar refractivity (Wildman–Crippen MR) is 127 cm³/mol. The number of carbonyl (C=O) groups excluding carboxylic acids is 1. The molecule has 0 aliphatic carbocycles. The second-order valence-electron chi connectivity index (χ2n) is 7.00. The summed E-state index contributed by atoms with van der Waals surface area (Å²) in [6.45, 7) is 6.97. The second kappa shape index (κ2) is 10.3. The quantitative estimate of drug-likeness (QED) is 0.428. The Labute approximate surface area is 191 Å². The Bertz CT molecular complexity index is 1090. The van der Waals surface area contributed by atoms with Crippen molar-refractivity contribution in [3.05, 3.63) is 75.5 Å². The van der Waals surface area contributed by atoms with Crippen molar-refractivity contribution in [3.8, 4) is 11.5 Å². The Morgan fingerprint density at radius 1 is 1.19 bits per heavy atom. The van der Waals surface area contributed by atoms with E-state index in [4.69, 9.17) is 9.47 Å². The highest BCUT2D eigenvalue weighted by atomic mass is 79.9. The number of hydrogen-bond donors (Lipinski definition) is 1. The van der Waals surface area contributed by atoms with Gasteiger partial charge in [0.25, 0.3) is 0 Å². The summed E-state index contributed by atoms with van der Waals surface area (Å²) in [4.78, 5) is 12.4. The number of aryl methyl sites for hydroxylation is 2. The van der Waals surface area contributed by atoms with E-state index in [1.165, 1.54) is 6.08 Å². The summed E-state index contributed by atoms with van der Waals surface area (Å²) >= 11 is 3.42. The first-order chi connectivity index (χ1) is 14.9. The first-order valence-electron chi connectivity index (χ1n) is 9.99. The molecule has 0 fully saturated rings. The molecular weight excluding hydrogens is 458 g/mol. The first kappa shape index (κ1) is 22.6. The van der Waals surface area contributed by atoms with E-state index in [1.54, 1.807) is 13.2 Å². The molecule has 0 saturated carbocycles. The number of carbonyl (C=O) groups is 1. The fraction of sp³-hybridized carbons (Fsp3) is 0.250. The molecule has 2 aromatic carbocycles. The summed E-state index contributed by atoms with van der Waals surface area (Å²) in [7, 11) is 1.63. The summed E-state index contributed by atoms with van der Waals surface area (Å²) in [5.74, 6) is 1.30. The number of nitrogens with one attached hydrogen (secondary N) is 1. The highest BCUT2D eigenvalue weighted by Crippen LogP contribution is 2.24. The fourth-order valence-corrected chi connectivity index (χ4v) is 3.49. The van der Waals surface area contributed by atoms with E-state index in [2.05, 4.69) is 26.3 Å². The molecule has 162 valence electrons. The summed E-state index contributed by atoms with van der Waals surface area (Å²) in [5, 5.41) is 7.36. The molecule has 3 rings (SSSR count). The molecule has 0 aliphatic heterocycles. The van der Waals surface area contributed by atoms with Gasteiger partial charge in [-0.1, -0.05) is 22.0 Å². The average Bonchev–Trinajstić information content (AvgIpc) is 3.05. The van der Waals surface area contributed by atoms with Crippen LogP contribution in [0.25, 0.3) is 6.08 Å². The van der Waals surface area contributed by atoms with Crippen LogP contribution in [0, 0.1) is 13.8 Å². The maximum Gasteiger partial charge on any atom is 0.248 e. The van der Waals surface area contributed by atoms with Crippen LogP contribution in [0.1, 0.15) is 29.4 Å². The molecule has 0 spiro atoms. The minimum Gasteiger partial charge on any atom is -0.496 e. The number of amides is 1. The molecule has 0 atom stereocenters. The molecule has 1 amide bonds. The molecule has 31 heavy (non-hydrogen) atoms. The summed E-state index contributed by atoms with van der Waals surface area (Å²) in [5.41, 5.74) is 4.28. The Hall–Kier alpha value is -3.06. The third kappa shape index (κ3) is 5.76. The SMILES string of the molecule is CCn1nc(C)c(NC(=O)/C=C/c2ccc(OC)c(COc3ccc(Br)cc3)c2)c1C. The summed E-state index contributed by atoms with van der Waals surface area (Å²) in [6, 6.07) is 13.4. The summed E-state index contributed by atoms with van der Waals surface area (Å²) in [6.07, 6.45) is 3.29. The predicted octanol–water partition coefficient (Wildman–Crippen LogP) is 5.52. The molecule has 3 aromatic rings. The third-order valence-electron chi connectivity index (χ3n) is 4.87. The number of halogens is 1. The number of nitrogens with zero attached hydrogens (tertiary/aromatic N) is 2. The molecule has 0 aliphatic rings.